The fourth-order valence-electron chi connectivity index (χ4n) is 0.861. The molecule has 0 fully saturated rings. The smallest absolute Gasteiger partial charge is 0.211 e. The Morgan fingerprint density at radius 1 is 1.23 bits per heavy atom. The largest absolute Gasteiger partial charge is 0.212 e. The second-order valence-corrected chi connectivity index (χ2v) is 4.55. The molecule has 0 aliphatic rings. The van der Waals surface area contributed by atoms with Gasteiger partial charge in [-0.1, -0.05) is 30.3 Å². The van der Waals surface area contributed by atoms with Crippen molar-refractivity contribution in [2.75, 3.05) is 5.75 Å². The van der Waals surface area contributed by atoms with E-state index in [1.54, 1.807) is 0 Å². The summed E-state index contributed by atoms with van der Waals surface area (Å²) in [6.45, 7) is 3.65. The highest BCUT2D eigenvalue weighted by Crippen LogP contribution is 1.98. The summed E-state index contributed by atoms with van der Waals surface area (Å²) in [4.78, 5) is 0. The van der Waals surface area contributed by atoms with Crippen LogP contribution in [0.25, 0.3) is 0 Å². The van der Waals surface area contributed by atoms with E-state index >= 15 is 0 Å². The number of rotatable bonds is 4. The Kier molecular flexibility index (Phi) is 3.45. The van der Waals surface area contributed by atoms with Gasteiger partial charge in [0.1, 0.15) is 0 Å². The quantitative estimate of drug-likeness (QED) is 0.782. The zero-order chi connectivity index (χ0) is 9.73. The molecule has 0 aliphatic heterocycles. The van der Waals surface area contributed by atoms with Crippen LogP contribution in [0.3, 0.4) is 0 Å². The zero-order valence-electron chi connectivity index (χ0n) is 7.23. The minimum Gasteiger partial charge on any atom is -0.212 e. The lowest BCUT2D eigenvalue weighted by Crippen LogP contribution is -2.24. The van der Waals surface area contributed by atoms with E-state index in [2.05, 4.69) is 11.6 Å². The number of benzene rings is 1. The van der Waals surface area contributed by atoms with Crippen molar-refractivity contribution in [3.63, 3.8) is 0 Å². The topological polar surface area (TPSA) is 46.2 Å². The van der Waals surface area contributed by atoms with E-state index in [9.17, 15) is 8.42 Å². The van der Waals surface area contributed by atoms with E-state index in [-0.39, 0.29) is 5.75 Å². The van der Waals surface area contributed by atoms with Gasteiger partial charge in [0.25, 0.3) is 0 Å². The third-order valence-electron chi connectivity index (χ3n) is 1.61. The highest BCUT2D eigenvalue weighted by molar-refractivity contribution is 7.89. The highest BCUT2D eigenvalue weighted by atomic mass is 32.2. The van der Waals surface area contributed by atoms with Crippen molar-refractivity contribution in [3.8, 4) is 0 Å². The Labute approximate surface area is 78.8 Å². The summed E-state index contributed by atoms with van der Waals surface area (Å²) in [5.74, 6) is -0.125. The van der Waals surface area contributed by atoms with Gasteiger partial charge in [0, 0.05) is 6.54 Å². The monoisotopic (exact) mass is 198 g/mol. The lowest BCUT2D eigenvalue weighted by Gasteiger charge is -2.03. The Bertz CT molecular complexity index is 345. The second-order valence-electron chi connectivity index (χ2n) is 2.63. The van der Waals surface area contributed by atoms with Gasteiger partial charge in [0.05, 0.1) is 5.75 Å². The van der Waals surface area contributed by atoms with E-state index < -0.39 is 10.0 Å². The fourth-order valence-corrected chi connectivity index (χ4v) is 1.39. The van der Waals surface area contributed by atoms with Gasteiger partial charge in [-0.15, -0.1) is 0 Å². The summed E-state index contributed by atoms with van der Waals surface area (Å²) < 4.78 is 24.4. The van der Waals surface area contributed by atoms with Gasteiger partial charge in [-0.3, -0.25) is 0 Å². The summed E-state index contributed by atoms with van der Waals surface area (Å²) >= 11 is 0. The van der Waals surface area contributed by atoms with E-state index in [0.29, 0.717) is 6.54 Å². The first-order valence-corrected chi connectivity index (χ1v) is 5.60. The predicted octanol–water partition coefficient (Wildman–Crippen LogP) is 0.940. The van der Waals surface area contributed by atoms with Crippen LogP contribution in [0.5, 0.6) is 0 Å². The minimum absolute atomic E-state index is 0.125. The maximum atomic E-state index is 11.0. The van der Waals surface area contributed by atoms with Gasteiger partial charge in [-0.05, 0) is 12.5 Å². The van der Waals surface area contributed by atoms with Crippen LogP contribution in [-0.4, -0.2) is 14.2 Å². The number of sulfonamides is 1. The van der Waals surface area contributed by atoms with Gasteiger partial charge in [-0.25, -0.2) is 13.1 Å². The lowest BCUT2D eigenvalue weighted by atomic mass is 10.2. The van der Waals surface area contributed by atoms with Crippen molar-refractivity contribution in [1.29, 1.82) is 0 Å². The fraction of sp³-hybridized carbons (Fsp3) is 0.222. The van der Waals surface area contributed by atoms with Crippen molar-refractivity contribution in [2.24, 2.45) is 0 Å². The maximum Gasteiger partial charge on any atom is 0.211 e. The molecule has 0 spiro atoms. The first-order valence-electron chi connectivity index (χ1n) is 3.94. The van der Waals surface area contributed by atoms with Crippen LogP contribution >= 0.6 is 0 Å². The standard InChI is InChI=1S/C9H12NO2S/c1-2-13(11,12)10-8-9-6-4-3-5-7-9/h3-7,10H,1-2,8H2. The molecule has 1 aromatic carbocycles. The predicted molar refractivity (Wildman–Crippen MR) is 52.4 cm³/mol. The highest BCUT2D eigenvalue weighted by Gasteiger charge is 2.04. The Morgan fingerprint density at radius 3 is 2.38 bits per heavy atom. The van der Waals surface area contributed by atoms with Gasteiger partial charge >= 0.3 is 0 Å². The molecule has 0 amide bonds. The van der Waals surface area contributed by atoms with Gasteiger partial charge in [0.2, 0.25) is 10.0 Å². The van der Waals surface area contributed by atoms with Gasteiger partial charge in [-0.2, -0.15) is 0 Å². The number of hydrogen-bond donors (Lipinski definition) is 1. The first-order chi connectivity index (χ1) is 6.14. The molecule has 3 nitrogen and oxygen atoms in total. The summed E-state index contributed by atoms with van der Waals surface area (Å²) in [6, 6.07) is 9.36. The molecule has 1 radical (unpaired) electrons. The van der Waals surface area contributed by atoms with E-state index in [1.807, 2.05) is 30.3 Å². The molecular formula is C9H12NO2S. The van der Waals surface area contributed by atoms with Crippen molar-refractivity contribution < 1.29 is 8.42 Å². The molecular weight excluding hydrogens is 186 g/mol. The molecule has 0 unspecified atom stereocenters. The molecule has 0 bridgehead atoms. The molecule has 0 heterocycles. The third-order valence-corrected chi connectivity index (χ3v) is 2.73. The van der Waals surface area contributed by atoms with Crippen LogP contribution < -0.4 is 4.72 Å². The van der Waals surface area contributed by atoms with Crippen molar-refractivity contribution in [2.45, 2.75) is 6.54 Å². The van der Waals surface area contributed by atoms with Crippen LogP contribution in [0.15, 0.2) is 30.3 Å². The molecule has 0 aliphatic carbocycles. The lowest BCUT2D eigenvalue weighted by molar-refractivity contribution is 0.584. The first kappa shape index (κ1) is 10.2. The number of hydrogen-bond acceptors (Lipinski definition) is 2. The average Bonchev–Trinajstić information content (AvgIpc) is 2.17. The van der Waals surface area contributed by atoms with Crippen molar-refractivity contribution in [1.82, 2.24) is 4.72 Å². The third kappa shape index (κ3) is 3.57. The molecule has 13 heavy (non-hydrogen) atoms. The molecule has 0 saturated carbocycles. The average molecular weight is 198 g/mol. The summed E-state index contributed by atoms with van der Waals surface area (Å²) in [5.41, 5.74) is 0.944. The van der Waals surface area contributed by atoms with E-state index in [1.165, 1.54) is 0 Å². The minimum atomic E-state index is -3.18. The Hall–Kier alpha value is -0.870. The maximum absolute atomic E-state index is 11.0. The molecule has 0 saturated heterocycles. The van der Waals surface area contributed by atoms with Crippen molar-refractivity contribution in [3.05, 3.63) is 42.8 Å². The van der Waals surface area contributed by atoms with E-state index in [4.69, 9.17) is 0 Å². The van der Waals surface area contributed by atoms with Crippen molar-refractivity contribution >= 4 is 10.0 Å². The van der Waals surface area contributed by atoms with Gasteiger partial charge in [0.15, 0.2) is 0 Å². The Balaban J connectivity index is 2.54. The molecule has 0 aromatic heterocycles. The van der Waals surface area contributed by atoms with Crippen LogP contribution in [0, 0.1) is 6.92 Å². The van der Waals surface area contributed by atoms with Crippen LogP contribution in [0.2, 0.25) is 0 Å². The second kappa shape index (κ2) is 4.39. The summed E-state index contributed by atoms with van der Waals surface area (Å²) in [6.07, 6.45) is 0. The van der Waals surface area contributed by atoms with Crippen LogP contribution in [0.1, 0.15) is 5.56 Å². The zero-order valence-corrected chi connectivity index (χ0v) is 8.05. The normalized spacial score (nSPS) is 11.5. The molecule has 1 rings (SSSR count). The van der Waals surface area contributed by atoms with Gasteiger partial charge < -0.3 is 0 Å². The summed E-state index contributed by atoms with van der Waals surface area (Å²) in [5, 5.41) is 0. The van der Waals surface area contributed by atoms with Crippen LogP contribution in [-0.2, 0) is 16.6 Å². The SMILES string of the molecule is [CH2]CS(=O)(=O)NCc1ccccc1. The number of nitrogens with one attached hydrogen (secondary N) is 1. The molecule has 0 atom stereocenters. The van der Waals surface area contributed by atoms with E-state index in [0.717, 1.165) is 5.56 Å². The van der Waals surface area contributed by atoms with Crippen LogP contribution in [0.4, 0.5) is 0 Å². The Morgan fingerprint density at radius 2 is 1.85 bits per heavy atom. The molecule has 1 N–H and O–H groups in total. The summed E-state index contributed by atoms with van der Waals surface area (Å²) in [7, 11) is -3.18. The molecule has 4 heteroatoms. The molecule has 71 valence electrons. The molecule has 1 aromatic rings.